The fourth-order valence-corrected chi connectivity index (χ4v) is 0. The Morgan fingerprint density at radius 2 is 0.917 bits per heavy atom. The van der Waals surface area contributed by atoms with Crippen LogP contribution in [0.3, 0.4) is 0 Å². The second kappa shape index (κ2) is 14.4. The van der Waals surface area contributed by atoms with Gasteiger partial charge in [0.05, 0.1) is 0 Å². The maximum absolute atomic E-state index is 9.75. The van der Waals surface area contributed by atoms with E-state index >= 15 is 0 Å². The Morgan fingerprint density at radius 1 is 0.917 bits per heavy atom. The number of halogens is 4. The van der Waals surface area contributed by atoms with Gasteiger partial charge >= 0.3 is 38.2 Å². The summed E-state index contributed by atoms with van der Waals surface area (Å²) in [5.74, 6) is 0. The van der Waals surface area contributed by atoms with Crippen LogP contribution in [-0.2, 0) is 4.37 Å². The van der Waals surface area contributed by atoms with Crippen molar-refractivity contribution >= 4 is 24.1 Å². The maximum Gasteiger partial charge on any atom is 1.00 e. The molecule has 0 spiro atoms. The first kappa shape index (κ1) is 29.3. The molecule has 0 bridgehead atoms. The van der Waals surface area contributed by atoms with Crippen LogP contribution in [0.4, 0.5) is 17.3 Å². The largest absolute Gasteiger partial charge is 1.00 e. The smallest absolute Gasteiger partial charge is 0.429 e. The van der Waals surface area contributed by atoms with Gasteiger partial charge in [-0.25, -0.2) is 0 Å². The third-order valence-corrected chi connectivity index (χ3v) is 0. The Bertz CT molecular complexity index is 67.4. The molecule has 0 heterocycles. The van der Waals surface area contributed by atoms with Gasteiger partial charge in [-0.3, -0.25) is 0 Å². The van der Waals surface area contributed by atoms with Crippen LogP contribution in [0, 0.1) is 0 Å². The SMILES string of the molecule is C[O+](C)C.F[B-](F)(F)F.[BH4-].[BH4-].[H+].[Na+]. The van der Waals surface area contributed by atoms with Crippen molar-refractivity contribution in [3.63, 3.8) is 0 Å². The molecule has 0 N–H and O–H groups in total. The van der Waals surface area contributed by atoms with E-state index in [9.17, 15) is 17.3 Å². The molecule has 74 valence electrons. The van der Waals surface area contributed by atoms with Crippen molar-refractivity contribution in [2.45, 2.75) is 0 Å². The molecule has 0 aliphatic carbocycles. The molecule has 0 saturated carbocycles. The Kier molecular flexibility index (Phi) is 35.1. The van der Waals surface area contributed by atoms with Crippen molar-refractivity contribution in [2.24, 2.45) is 0 Å². The summed E-state index contributed by atoms with van der Waals surface area (Å²) in [6.45, 7) is 0. The Morgan fingerprint density at radius 3 is 0.917 bits per heavy atom. The van der Waals surface area contributed by atoms with E-state index in [0.29, 0.717) is 0 Å². The number of hydrogen-bond donors (Lipinski definition) is 0. The fourth-order valence-electron chi connectivity index (χ4n) is 0. The molecular formula is C3H18B3F4NaO. The van der Waals surface area contributed by atoms with Gasteiger partial charge < -0.3 is 21.6 Å². The average Bonchev–Trinajstić information content (AvgIpc) is 1.19. The summed E-state index contributed by atoms with van der Waals surface area (Å²) in [5.41, 5.74) is 0. The molecular weight excluding hydrogens is 183 g/mol. The molecule has 0 aliphatic rings. The summed E-state index contributed by atoms with van der Waals surface area (Å²) in [4.78, 5) is 0. The minimum Gasteiger partial charge on any atom is -0.429 e. The van der Waals surface area contributed by atoms with Crippen molar-refractivity contribution in [3.8, 4) is 0 Å². The molecule has 0 aliphatic heterocycles. The number of hydrogen-bond acceptors (Lipinski definition) is 0. The van der Waals surface area contributed by atoms with Gasteiger partial charge in [-0.15, -0.1) is 0 Å². The van der Waals surface area contributed by atoms with Gasteiger partial charge in [0, 0.05) is 0 Å². The van der Waals surface area contributed by atoms with Crippen molar-refractivity contribution in [2.75, 3.05) is 21.3 Å². The summed E-state index contributed by atoms with van der Waals surface area (Å²) in [6, 6.07) is 0. The van der Waals surface area contributed by atoms with Crippen LogP contribution >= 0.6 is 0 Å². The average molecular weight is 202 g/mol. The molecule has 0 aromatic carbocycles. The molecule has 0 aromatic heterocycles. The van der Waals surface area contributed by atoms with Crippen LogP contribution < -0.4 is 29.6 Å². The second-order valence-corrected chi connectivity index (χ2v) is 1.72. The standard InChI is InChI=1S/C3H9O.BF4.2BH4.Na/c1-4(2)3;2-1(3,4)5;;;/h1-3H3;;2*1H4;/q+1;3*-1;+1/p+1. The predicted octanol–water partition coefficient (Wildman–Crippen LogP) is -4.06. The van der Waals surface area contributed by atoms with Gasteiger partial charge in [-0.1, -0.05) is 16.8 Å². The van der Waals surface area contributed by atoms with Crippen LogP contribution in [0.2, 0.25) is 0 Å². The van der Waals surface area contributed by atoms with E-state index in [0.717, 1.165) is 0 Å². The van der Waals surface area contributed by atoms with Gasteiger partial charge in [-0.2, -0.15) is 0 Å². The van der Waals surface area contributed by atoms with Crippen LogP contribution in [0.5, 0.6) is 0 Å². The molecule has 0 amide bonds. The predicted molar refractivity (Wildman–Crippen MR) is 52.8 cm³/mol. The Hall–Kier alpha value is 0.875. The Balaban J connectivity index is -0.0000000146. The molecule has 1 nitrogen and oxygen atoms in total. The second-order valence-electron chi connectivity index (χ2n) is 1.72. The molecule has 12 heavy (non-hydrogen) atoms. The summed E-state index contributed by atoms with van der Waals surface area (Å²) in [5, 5.41) is 0. The summed E-state index contributed by atoms with van der Waals surface area (Å²) in [7, 11) is -0.250. The van der Waals surface area contributed by atoms with E-state index in [1.54, 1.807) is 0 Å². The quantitative estimate of drug-likeness (QED) is 0.213. The topological polar surface area (TPSA) is 2.70 Å². The monoisotopic (exact) mass is 202 g/mol. The van der Waals surface area contributed by atoms with Gasteiger partial charge in [0.25, 0.3) is 0 Å². The first-order valence-corrected chi connectivity index (χ1v) is 2.10. The molecule has 0 atom stereocenters. The normalized spacial score (nSPS) is 8.00. The first-order chi connectivity index (χ1) is 3.73. The maximum atomic E-state index is 9.75. The van der Waals surface area contributed by atoms with Crippen molar-refractivity contribution < 1.29 is 52.6 Å². The van der Waals surface area contributed by atoms with Crippen molar-refractivity contribution in [1.29, 1.82) is 0 Å². The van der Waals surface area contributed by atoms with Crippen LogP contribution in [0.1, 0.15) is 1.43 Å². The van der Waals surface area contributed by atoms with E-state index < -0.39 is 7.25 Å². The molecule has 9 heteroatoms. The zero-order valence-corrected chi connectivity index (χ0v) is 8.50. The number of rotatable bonds is 0. The van der Waals surface area contributed by atoms with E-state index in [1.807, 2.05) is 21.3 Å². The van der Waals surface area contributed by atoms with Gasteiger partial charge in [0.15, 0.2) is 0 Å². The van der Waals surface area contributed by atoms with Gasteiger partial charge in [0.2, 0.25) is 0 Å². The Labute approximate surface area is 98.0 Å². The summed E-state index contributed by atoms with van der Waals surface area (Å²) in [6.07, 6.45) is 0. The van der Waals surface area contributed by atoms with Crippen LogP contribution in [-0.4, -0.2) is 45.4 Å². The fraction of sp³-hybridized carbons (Fsp3) is 1.00. The summed E-state index contributed by atoms with van der Waals surface area (Å²) >= 11 is 0. The summed E-state index contributed by atoms with van der Waals surface area (Å²) < 4.78 is 41.6. The van der Waals surface area contributed by atoms with E-state index in [-0.39, 0.29) is 47.8 Å². The third kappa shape index (κ3) is 1390. The van der Waals surface area contributed by atoms with Gasteiger partial charge in [-0.05, 0) is 0 Å². The van der Waals surface area contributed by atoms with Crippen LogP contribution in [0.25, 0.3) is 0 Å². The minimum atomic E-state index is -6.00. The van der Waals surface area contributed by atoms with Crippen molar-refractivity contribution in [3.05, 3.63) is 0 Å². The molecule has 0 saturated heterocycles. The first-order valence-electron chi connectivity index (χ1n) is 2.10. The van der Waals surface area contributed by atoms with E-state index in [4.69, 9.17) is 0 Å². The molecule has 0 fully saturated rings. The van der Waals surface area contributed by atoms with E-state index in [1.165, 1.54) is 0 Å². The zero-order valence-electron chi connectivity index (χ0n) is 7.50. The molecule has 0 radical (unpaired) electrons. The minimum absolute atomic E-state index is 0. The van der Waals surface area contributed by atoms with Crippen molar-refractivity contribution in [1.82, 2.24) is 0 Å². The molecule has 0 aromatic rings. The van der Waals surface area contributed by atoms with E-state index in [2.05, 4.69) is 4.37 Å². The van der Waals surface area contributed by atoms with Crippen LogP contribution in [0.15, 0.2) is 0 Å². The molecule has 0 rings (SSSR count). The molecule has 0 unspecified atom stereocenters. The zero-order chi connectivity index (χ0) is 8.08. The third-order valence-electron chi connectivity index (χ3n) is 0. The van der Waals surface area contributed by atoms with Gasteiger partial charge in [0.1, 0.15) is 21.3 Å².